The molecule has 142 valence electrons. The van der Waals surface area contributed by atoms with Gasteiger partial charge in [-0.05, 0) is 43.3 Å². The molecule has 0 fully saturated rings. The van der Waals surface area contributed by atoms with E-state index < -0.39 is 23.6 Å². The Labute approximate surface area is 152 Å². The Bertz CT molecular complexity index is 845. The third-order valence-corrected chi connectivity index (χ3v) is 3.37. The van der Waals surface area contributed by atoms with Crippen molar-refractivity contribution in [2.75, 3.05) is 5.32 Å². The van der Waals surface area contributed by atoms with E-state index in [2.05, 4.69) is 15.3 Å². The second kappa shape index (κ2) is 8.35. The molecule has 1 amide bonds. The predicted molar refractivity (Wildman–Crippen MR) is 92.9 cm³/mol. The van der Waals surface area contributed by atoms with E-state index in [9.17, 15) is 22.8 Å². The van der Waals surface area contributed by atoms with Gasteiger partial charge in [-0.25, -0.2) is 4.79 Å². The molecular formula is C18H16F3N3O3. The van der Waals surface area contributed by atoms with Crippen molar-refractivity contribution in [3.05, 3.63) is 65.2 Å². The summed E-state index contributed by atoms with van der Waals surface area (Å²) in [6, 6.07) is 10.5. The molecule has 3 N–H and O–H groups in total. The Balaban J connectivity index is 1.89. The summed E-state index contributed by atoms with van der Waals surface area (Å²) in [4.78, 5) is 28.1. The van der Waals surface area contributed by atoms with E-state index in [1.165, 1.54) is 0 Å². The van der Waals surface area contributed by atoms with Crippen LogP contribution in [-0.4, -0.2) is 17.7 Å². The molecule has 0 aliphatic rings. The SMILES string of the molecule is Cc1ccc(NC(=O)CC(N)=NOC(=O)c2ccc(C(F)(F)F)cc2)cc1. The molecule has 27 heavy (non-hydrogen) atoms. The summed E-state index contributed by atoms with van der Waals surface area (Å²) in [5.41, 5.74) is 6.10. The molecule has 0 bridgehead atoms. The van der Waals surface area contributed by atoms with Crippen LogP contribution in [0.3, 0.4) is 0 Å². The minimum atomic E-state index is -4.50. The van der Waals surface area contributed by atoms with Crippen LogP contribution in [0.2, 0.25) is 0 Å². The second-order valence-electron chi connectivity index (χ2n) is 5.63. The van der Waals surface area contributed by atoms with Gasteiger partial charge in [-0.15, -0.1) is 0 Å². The first-order valence-corrected chi connectivity index (χ1v) is 7.72. The van der Waals surface area contributed by atoms with Crippen molar-refractivity contribution in [3.63, 3.8) is 0 Å². The highest BCUT2D eigenvalue weighted by molar-refractivity contribution is 6.05. The molecule has 0 aromatic heterocycles. The van der Waals surface area contributed by atoms with Gasteiger partial charge in [-0.2, -0.15) is 13.2 Å². The molecule has 0 spiro atoms. The molecule has 0 saturated carbocycles. The van der Waals surface area contributed by atoms with Crippen LogP contribution in [0, 0.1) is 6.92 Å². The van der Waals surface area contributed by atoms with Gasteiger partial charge in [0.1, 0.15) is 5.84 Å². The first kappa shape index (κ1) is 20.0. The van der Waals surface area contributed by atoms with Gasteiger partial charge in [0, 0.05) is 5.69 Å². The van der Waals surface area contributed by atoms with Gasteiger partial charge >= 0.3 is 12.1 Å². The van der Waals surface area contributed by atoms with Gasteiger partial charge in [0.25, 0.3) is 0 Å². The zero-order valence-electron chi connectivity index (χ0n) is 14.2. The maximum absolute atomic E-state index is 12.5. The number of carbonyl (C=O) groups is 2. The lowest BCUT2D eigenvalue weighted by Gasteiger charge is -2.07. The number of nitrogens with two attached hydrogens (primary N) is 1. The topological polar surface area (TPSA) is 93.8 Å². The van der Waals surface area contributed by atoms with Gasteiger partial charge in [0.05, 0.1) is 17.5 Å². The van der Waals surface area contributed by atoms with Crippen molar-refractivity contribution in [1.82, 2.24) is 0 Å². The van der Waals surface area contributed by atoms with E-state index in [4.69, 9.17) is 5.73 Å². The van der Waals surface area contributed by atoms with Gasteiger partial charge in [0.2, 0.25) is 5.91 Å². The zero-order chi connectivity index (χ0) is 20.0. The highest BCUT2D eigenvalue weighted by atomic mass is 19.4. The molecule has 0 aliphatic heterocycles. The number of amides is 1. The smallest absolute Gasteiger partial charge is 0.384 e. The number of alkyl halides is 3. The molecule has 6 nitrogen and oxygen atoms in total. The lowest BCUT2D eigenvalue weighted by Crippen LogP contribution is -2.22. The van der Waals surface area contributed by atoms with E-state index in [1.807, 2.05) is 19.1 Å². The molecule has 2 aromatic carbocycles. The number of carbonyl (C=O) groups excluding carboxylic acids is 2. The van der Waals surface area contributed by atoms with Crippen molar-refractivity contribution < 1.29 is 27.6 Å². The van der Waals surface area contributed by atoms with Gasteiger partial charge in [-0.3, -0.25) is 4.79 Å². The number of nitrogens with one attached hydrogen (secondary N) is 1. The quantitative estimate of drug-likeness (QED) is 0.360. The lowest BCUT2D eigenvalue weighted by atomic mass is 10.1. The largest absolute Gasteiger partial charge is 0.416 e. The number of halogens is 3. The molecule has 0 aliphatic carbocycles. The molecule has 0 unspecified atom stereocenters. The van der Waals surface area contributed by atoms with Crippen molar-refractivity contribution >= 4 is 23.4 Å². The third kappa shape index (κ3) is 6.14. The molecule has 2 aromatic rings. The molecule has 0 radical (unpaired) electrons. The van der Waals surface area contributed by atoms with Crippen LogP contribution in [-0.2, 0) is 15.8 Å². The molecular weight excluding hydrogens is 363 g/mol. The summed E-state index contributed by atoms with van der Waals surface area (Å²) in [5, 5.41) is 5.92. The molecule has 2 rings (SSSR count). The van der Waals surface area contributed by atoms with Crippen LogP contribution < -0.4 is 11.1 Å². The van der Waals surface area contributed by atoms with Crippen molar-refractivity contribution in [1.29, 1.82) is 0 Å². The second-order valence-corrected chi connectivity index (χ2v) is 5.63. The fourth-order valence-electron chi connectivity index (χ4n) is 1.99. The van der Waals surface area contributed by atoms with Crippen LogP contribution in [0.4, 0.5) is 18.9 Å². The fourth-order valence-corrected chi connectivity index (χ4v) is 1.99. The number of anilines is 1. The first-order chi connectivity index (χ1) is 12.6. The molecule has 0 heterocycles. The zero-order valence-corrected chi connectivity index (χ0v) is 14.2. The maximum atomic E-state index is 12.5. The van der Waals surface area contributed by atoms with E-state index in [0.29, 0.717) is 5.69 Å². The highest BCUT2D eigenvalue weighted by Crippen LogP contribution is 2.29. The average Bonchev–Trinajstić information content (AvgIpc) is 2.61. The minimum absolute atomic E-state index is 0.136. The van der Waals surface area contributed by atoms with Crippen LogP contribution in [0.1, 0.15) is 27.9 Å². The van der Waals surface area contributed by atoms with Gasteiger partial charge in [0.15, 0.2) is 0 Å². The average molecular weight is 379 g/mol. The van der Waals surface area contributed by atoms with Crippen molar-refractivity contribution in [3.8, 4) is 0 Å². The number of oxime groups is 1. The maximum Gasteiger partial charge on any atom is 0.416 e. The number of amidine groups is 1. The van der Waals surface area contributed by atoms with Gasteiger partial charge < -0.3 is 15.9 Å². The Morgan fingerprint density at radius 1 is 1.07 bits per heavy atom. The standard InChI is InChI=1S/C18H16F3N3O3/c1-11-2-8-14(9-3-11)23-16(25)10-15(22)24-27-17(26)12-4-6-13(7-5-12)18(19,20)21/h2-9H,10H2,1H3,(H2,22,24)(H,23,25). The summed E-state index contributed by atoms with van der Waals surface area (Å²) < 4.78 is 37.4. The molecule has 9 heteroatoms. The van der Waals surface area contributed by atoms with E-state index in [1.54, 1.807) is 12.1 Å². The number of nitrogens with zero attached hydrogens (tertiary/aromatic N) is 1. The van der Waals surface area contributed by atoms with Crippen molar-refractivity contribution in [2.24, 2.45) is 10.9 Å². The van der Waals surface area contributed by atoms with Crippen LogP contribution in [0.5, 0.6) is 0 Å². The van der Waals surface area contributed by atoms with Crippen LogP contribution >= 0.6 is 0 Å². The Morgan fingerprint density at radius 3 is 2.22 bits per heavy atom. The summed E-state index contributed by atoms with van der Waals surface area (Å²) in [6.07, 6.45) is -4.83. The summed E-state index contributed by atoms with van der Waals surface area (Å²) >= 11 is 0. The number of benzene rings is 2. The monoisotopic (exact) mass is 379 g/mol. The number of hydrogen-bond acceptors (Lipinski definition) is 4. The minimum Gasteiger partial charge on any atom is -0.384 e. The number of hydrogen-bond donors (Lipinski definition) is 2. The van der Waals surface area contributed by atoms with E-state index in [-0.39, 0.29) is 17.8 Å². The predicted octanol–water partition coefficient (Wildman–Crippen LogP) is 3.47. The van der Waals surface area contributed by atoms with E-state index >= 15 is 0 Å². The van der Waals surface area contributed by atoms with Crippen molar-refractivity contribution in [2.45, 2.75) is 19.5 Å². The third-order valence-electron chi connectivity index (χ3n) is 3.37. The first-order valence-electron chi connectivity index (χ1n) is 7.72. The normalized spacial score (nSPS) is 11.8. The van der Waals surface area contributed by atoms with Gasteiger partial charge in [-0.1, -0.05) is 22.9 Å². The Hall–Kier alpha value is -3.36. The highest BCUT2D eigenvalue weighted by Gasteiger charge is 2.30. The van der Waals surface area contributed by atoms with Crippen LogP contribution in [0.25, 0.3) is 0 Å². The summed E-state index contributed by atoms with van der Waals surface area (Å²) in [7, 11) is 0. The summed E-state index contributed by atoms with van der Waals surface area (Å²) in [5.74, 6) is -1.73. The molecule has 0 saturated heterocycles. The molecule has 0 atom stereocenters. The fraction of sp³-hybridized carbons (Fsp3) is 0.167. The number of rotatable bonds is 5. The number of aryl methyl sites for hydroxylation is 1. The summed E-state index contributed by atoms with van der Waals surface area (Å²) in [6.45, 7) is 1.90. The lowest BCUT2D eigenvalue weighted by molar-refractivity contribution is -0.137. The Kier molecular flexibility index (Phi) is 6.17. The Morgan fingerprint density at radius 2 is 1.67 bits per heavy atom. The van der Waals surface area contributed by atoms with Crippen LogP contribution in [0.15, 0.2) is 53.7 Å². The van der Waals surface area contributed by atoms with E-state index in [0.717, 1.165) is 29.8 Å².